The van der Waals surface area contributed by atoms with Crippen LogP contribution >= 0.6 is 11.8 Å². The molecule has 0 bridgehead atoms. The summed E-state index contributed by atoms with van der Waals surface area (Å²) in [5, 5.41) is 14.1. The van der Waals surface area contributed by atoms with Gasteiger partial charge in [-0.15, -0.1) is 5.10 Å². The molecule has 2 heterocycles. The van der Waals surface area contributed by atoms with Crippen LogP contribution in [0.4, 0.5) is 5.69 Å². The lowest BCUT2D eigenvalue weighted by Gasteiger charge is -2.22. The molecule has 2 amide bonds. The van der Waals surface area contributed by atoms with Crippen molar-refractivity contribution in [1.29, 1.82) is 0 Å². The molecule has 28 heavy (non-hydrogen) atoms. The van der Waals surface area contributed by atoms with Crippen LogP contribution < -0.4 is 10.9 Å². The summed E-state index contributed by atoms with van der Waals surface area (Å²) in [6.45, 7) is 5.29. The number of nitrogens with zero attached hydrogens (tertiary/aromatic N) is 6. The molecule has 152 valence electrons. The molecule has 11 heteroatoms. The lowest BCUT2D eigenvalue weighted by molar-refractivity contribution is -0.113. The zero-order chi connectivity index (χ0) is 20.7. The van der Waals surface area contributed by atoms with E-state index in [0.29, 0.717) is 23.8 Å². The van der Waals surface area contributed by atoms with Crippen molar-refractivity contribution in [2.24, 2.45) is 14.1 Å². The Morgan fingerprint density at radius 1 is 1.21 bits per heavy atom. The monoisotopic (exact) mass is 407 g/mol. The van der Waals surface area contributed by atoms with Crippen LogP contribution in [0.1, 0.15) is 37.0 Å². The Hall–Kier alpha value is -2.69. The average Bonchev–Trinajstić information content (AvgIpc) is 3.07. The van der Waals surface area contributed by atoms with Crippen molar-refractivity contribution in [1.82, 2.24) is 29.7 Å². The number of carbonyl (C=O) groups excluding carboxylic acids is 2. The second kappa shape index (κ2) is 10.0. The van der Waals surface area contributed by atoms with E-state index in [2.05, 4.69) is 20.8 Å². The van der Waals surface area contributed by atoms with E-state index in [1.54, 1.807) is 19.0 Å². The summed E-state index contributed by atoms with van der Waals surface area (Å²) in [7, 11) is 3.22. The van der Waals surface area contributed by atoms with Crippen LogP contribution in [-0.4, -0.2) is 60.3 Å². The Labute approximate surface area is 167 Å². The Morgan fingerprint density at radius 2 is 1.89 bits per heavy atom. The van der Waals surface area contributed by atoms with Crippen molar-refractivity contribution in [2.45, 2.75) is 31.8 Å². The summed E-state index contributed by atoms with van der Waals surface area (Å²) in [4.78, 5) is 39.2. The maximum atomic E-state index is 12.8. The molecule has 1 N–H and O–H groups in total. The van der Waals surface area contributed by atoms with Gasteiger partial charge in [-0.3, -0.25) is 14.4 Å². The smallest absolute Gasteiger partial charge is 0.274 e. The summed E-state index contributed by atoms with van der Waals surface area (Å²) >= 11 is 1.15. The highest BCUT2D eigenvalue weighted by Gasteiger charge is 2.18. The van der Waals surface area contributed by atoms with Gasteiger partial charge in [-0.25, -0.2) is 4.68 Å². The third-order valence-corrected chi connectivity index (χ3v) is 4.90. The Morgan fingerprint density at radius 3 is 2.46 bits per heavy atom. The van der Waals surface area contributed by atoms with Gasteiger partial charge in [-0.2, -0.15) is 0 Å². The molecule has 2 aromatic heterocycles. The number of hydrogen-bond donors (Lipinski definition) is 1. The van der Waals surface area contributed by atoms with Crippen molar-refractivity contribution < 1.29 is 9.59 Å². The fraction of sp³-hybridized carbons (Fsp3) is 0.529. The molecular weight excluding hydrogens is 382 g/mol. The molecule has 0 radical (unpaired) electrons. The summed E-state index contributed by atoms with van der Waals surface area (Å²) in [5.41, 5.74) is 0.0557. The molecule has 0 atom stereocenters. The first kappa shape index (κ1) is 21.6. The van der Waals surface area contributed by atoms with Crippen LogP contribution in [0.5, 0.6) is 0 Å². The standard InChI is InChI=1S/C17H25N7O3S/c1-5-7-24(8-6-2)15(26)12-9-13(16(27)22(3)10-12)18-14(25)11-28-17-19-20-21-23(17)4/h9-10H,5-8,11H2,1-4H3,(H,18,25). The predicted molar refractivity (Wildman–Crippen MR) is 106 cm³/mol. The van der Waals surface area contributed by atoms with Crippen LogP contribution in [0, 0.1) is 0 Å². The number of nitrogens with one attached hydrogen (secondary N) is 1. The van der Waals surface area contributed by atoms with E-state index in [4.69, 9.17) is 0 Å². The van der Waals surface area contributed by atoms with E-state index in [1.807, 2.05) is 13.8 Å². The minimum absolute atomic E-state index is 0.0351. The van der Waals surface area contributed by atoms with E-state index in [1.165, 1.54) is 21.5 Å². The van der Waals surface area contributed by atoms with Crippen LogP contribution in [-0.2, 0) is 18.9 Å². The summed E-state index contributed by atoms with van der Waals surface area (Å²) in [6, 6.07) is 1.44. The number of pyridine rings is 1. The Balaban J connectivity index is 2.15. The topological polar surface area (TPSA) is 115 Å². The number of thioether (sulfide) groups is 1. The second-order valence-corrected chi connectivity index (χ2v) is 7.22. The van der Waals surface area contributed by atoms with Crippen LogP contribution in [0.15, 0.2) is 22.2 Å². The molecule has 0 aromatic carbocycles. The number of hydrogen-bond acceptors (Lipinski definition) is 7. The zero-order valence-electron chi connectivity index (χ0n) is 16.5. The van der Waals surface area contributed by atoms with Crippen molar-refractivity contribution in [3.8, 4) is 0 Å². The minimum Gasteiger partial charge on any atom is -0.339 e. The third kappa shape index (κ3) is 5.41. The maximum Gasteiger partial charge on any atom is 0.274 e. The quantitative estimate of drug-likeness (QED) is 0.614. The highest BCUT2D eigenvalue weighted by atomic mass is 32.2. The SMILES string of the molecule is CCCN(CCC)C(=O)c1cc(NC(=O)CSc2nnnn2C)c(=O)n(C)c1. The van der Waals surface area contributed by atoms with Gasteiger partial charge in [0.15, 0.2) is 0 Å². The molecule has 10 nitrogen and oxygen atoms in total. The van der Waals surface area contributed by atoms with Crippen molar-refractivity contribution >= 4 is 29.3 Å². The number of anilines is 1. The van der Waals surface area contributed by atoms with Crippen molar-refractivity contribution in [3.05, 3.63) is 28.2 Å². The van der Waals surface area contributed by atoms with E-state index in [0.717, 1.165) is 24.6 Å². The van der Waals surface area contributed by atoms with Crippen LogP contribution in [0.2, 0.25) is 0 Å². The lowest BCUT2D eigenvalue weighted by atomic mass is 10.2. The average molecular weight is 408 g/mol. The van der Waals surface area contributed by atoms with Crippen molar-refractivity contribution in [3.63, 3.8) is 0 Å². The molecule has 0 saturated heterocycles. The van der Waals surface area contributed by atoms with Crippen molar-refractivity contribution in [2.75, 3.05) is 24.2 Å². The lowest BCUT2D eigenvalue weighted by Crippen LogP contribution is -2.34. The van der Waals surface area contributed by atoms with Gasteiger partial charge >= 0.3 is 0 Å². The molecular formula is C17H25N7O3S. The molecule has 0 unspecified atom stereocenters. The van der Waals surface area contributed by atoms with Gasteiger partial charge in [-0.05, 0) is 29.3 Å². The molecule has 0 aliphatic heterocycles. The number of aryl methyl sites for hydroxylation is 2. The normalized spacial score (nSPS) is 10.7. The third-order valence-electron chi connectivity index (χ3n) is 3.89. The van der Waals surface area contributed by atoms with E-state index >= 15 is 0 Å². The Bertz CT molecular complexity index is 887. The predicted octanol–water partition coefficient (Wildman–Crippen LogP) is 0.902. The highest BCUT2D eigenvalue weighted by Crippen LogP contribution is 2.14. The fourth-order valence-electron chi connectivity index (χ4n) is 2.62. The van der Waals surface area contributed by atoms with E-state index < -0.39 is 0 Å². The van der Waals surface area contributed by atoms with Gasteiger partial charge in [0, 0.05) is 33.4 Å². The Kier molecular flexibility index (Phi) is 7.73. The minimum atomic E-state index is -0.382. The van der Waals surface area contributed by atoms with Gasteiger partial charge < -0.3 is 14.8 Å². The first-order valence-corrected chi connectivity index (χ1v) is 10.0. The molecule has 2 rings (SSSR count). The molecule has 0 saturated carbocycles. The van der Waals surface area contributed by atoms with Gasteiger partial charge in [0.05, 0.1) is 11.3 Å². The highest BCUT2D eigenvalue weighted by molar-refractivity contribution is 7.99. The molecule has 0 fully saturated rings. The first-order chi connectivity index (χ1) is 13.4. The second-order valence-electron chi connectivity index (χ2n) is 6.27. The van der Waals surface area contributed by atoms with E-state index in [9.17, 15) is 14.4 Å². The summed E-state index contributed by atoms with van der Waals surface area (Å²) < 4.78 is 2.75. The maximum absolute atomic E-state index is 12.8. The van der Waals surface area contributed by atoms with Crippen LogP contribution in [0.3, 0.4) is 0 Å². The number of tetrazole rings is 1. The zero-order valence-corrected chi connectivity index (χ0v) is 17.3. The van der Waals surface area contributed by atoms with Gasteiger partial charge in [-0.1, -0.05) is 25.6 Å². The van der Waals surface area contributed by atoms with E-state index in [-0.39, 0.29) is 28.8 Å². The number of carbonyl (C=O) groups is 2. The first-order valence-electron chi connectivity index (χ1n) is 9.02. The number of aromatic nitrogens is 5. The van der Waals surface area contributed by atoms with Gasteiger partial charge in [0.25, 0.3) is 11.5 Å². The summed E-state index contributed by atoms with van der Waals surface area (Å²) in [6.07, 6.45) is 3.18. The van der Waals surface area contributed by atoms with Gasteiger partial charge in [0.2, 0.25) is 11.1 Å². The summed E-state index contributed by atoms with van der Waals surface area (Å²) in [5.74, 6) is -0.504. The van der Waals surface area contributed by atoms with Crippen LogP contribution in [0.25, 0.3) is 0 Å². The number of amides is 2. The molecule has 0 spiro atoms. The molecule has 2 aromatic rings. The molecule has 0 aliphatic carbocycles. The van der Waals surface area contributed by atoms with Gasteiger partial charge in [0.1, 0.15) is 5.69 Å². The molecule has 0 aliphatic rings. The number of rotatable bonds is 9. The fourth-order valence-corrected chi connectivity index (χ4v) is 3.27. The largest absolute Gasteiger partial charge is 0.339 e.